The smallest absolute Gasteiger partial charge is 0.339 e. The predicted octanol–water partition coefficient (Wildman–Crippen LogP) is 3.03. The van der Waals surface area contributed by atoms with E-state index in [1.807, 2.05) is 0 Å². The van der Waals surface area contributed by atoms with Gasteiger partial charge in [-0.3, -0.25) is 4.79 Å². The van der Waals surface area contributed by atoms with Gasteiger partial charge in [0.05, 0.1) is 25.5 Å². The second-order valence-corrected chi connectivity index (χ2v) is 5.09. The summed E-state index contributed by atoms with van der Waals surface area (Å²) >= 11 is 0. The zero-order valence-electron chi connectivity index (χ0n) is 14.0. The molecule has 0 saturated heterocycles. The summed E-state index contributed by atoms with van der Waals surface area (Å²) in [7, 11) is 2.80. The van der Waals surface area contributed by atoms with E-state index in [0.717, 1.165) is 6.07 Å². The number of methoxy groups -OCH3 is 2. The highest BCUT2D eigenvalue weighted by atomic mass is 19.1. The summed E-state index contributed by atoms with van der Waals surface area (Å²) in [5.41, 5.74) is 0.434. The summed E-state index contributed by atoms with van der Waals surface area (Å²) in [4.78, 5) is 24.2. The maximum atomic E-state index is 13.7. The minimum Gasteiger partial charge on any atom is -0.495 e. The molecule has 0 heterocycles. The summed E-state index contributed by atoms with van der Waals surface area (Å²) in [5, 5.41) is 2.61. The summed E-state index contributed by atoms with van der Waals surface area (Å²) in [6.45, 7) is 1.42. The third-order valence-electron chi connectivity index (χ3n) is 3.41. The molecule has 2 aromatic rings. The number of hydrogen-bond acceptors (Lipinski definition) is 5. The molecule has 2 aromatic carbocycles. The molecule has 6 nitrogen and oxygen atoms in total. The number of nitrogens with one attached hydrogen (secondary N) is 1. The average Bonchev–Trinajstić information content (AvgIpc) is 2.61. The number of esters is 1. The van der Waals surface area contributed by atoms with Crippen LogP contribution in [0.5, 0.6) is 11.5 Å². The number of hydrogen-bond donors (Lipinski definition) is 1. The van der Waals surface area contributed by atoms with Crippen molar-refractivity contribution in [1.29, 1.82) is 0 Å². The zero-order valence-corrected chi connectivity index (χ0v) is 14.0. The van der Waals surface area contributed by atoms with Crippen LogP contribution in [0.3, 0.4) is 0 Å². The van der Waals surface area contributed by atoms with Gasteiger partial charge in [0, 0.05) is 0 Å². The Balaban J connectivity index is 2.03. The van der Waals surface area contributed by atoms with Gasteiger partial charge >= 0.3 is 5.97 Å². The number of halogens is 1. The molecule has 0 saturated carbocycles. The minimum absolute atomic E-state index is 0.0125. The Labute approximate surface area is 144 Å². The number of rotatable bonds is 6. The van der Waals surface area contributed by atoms with Gasteiger partial charge in [0.15, 0.2) is 17.7 Å². The van der Waals surface area contributed by atoms with E-state index in [1.165, 1.54) is 33.3 Å². The number of para-hydroxylation sites is 2. The van der Waals surface area contributed by atoms with Crippen LogP contribution in [0.25, 0.3) is 0 Å². The highest BCUT2D eigenvalue weighted by molar-refractivity contribution is 5.98. The minimum atomic E-state index is -1.08. The molecule has 0 aliphatic heterocycles. The Hall–Kier alpha value is -3.09. The maximum absolute atomic E-state index is 13.7. The molecule has 1 N–H and O–H groups in total. The molecule has 0 bridgehead atoms. The maximum Gasteiger partial charge on any atom is 0.339 e. The molecule has 132 valence electrons. The molecule has 1 amide bonds. The molecule has 2 rings (SSSR count). The molecule has 0 spiro atoms. The summed E-state index contributed by atoms with van der Waals surface area (Å²) < 4.78 is 28.6. The monoisotopic (exact) mass is 347 g/mol. The van der Waals surface area contributed by atoms with Crippen LogP contribution in [-0.2, 0) is 9.53 Å². The lowest BCUT2D eigenvalue weighted by Gasteiger charge is -2.15. The second kappa shape index (κ2) is 8.14. The van der Waals surface area contributed by atoms with Gasteiger partial charge in [-0.1, -0.05) is 12.1 Å². The molecule has 1 atom stereocenters. The van der Waals surface area contributed by atoms with Gasteiger partial charge in [-0.25, -0.2) is 9.18 Å². The van der Waals surface area contributed by atoms with E-state index in [1.54, 1.807) is 24.3 Å². The van der Waals surface area contributed by atoms with Gasteiger partial charge < -0.3 is 19.5 Å². The molecule has 0 radical (unpaired) electrons. The first-order chi connectivity index (χ1) is 12.0. The van der Waals surface area contributed by atoms with Gasteiger partial charge in [-0.2, -0.15) is 0 Å². The Kier molecular flexibility index (Phi) is 5.94. The Morgan fingerprint density at radius 3 is 2.36 bits per heavy atom. The molecule has 7 heteroatoms. The summed E-state index contributed by atoms with van der Waals surface area (Å²) in [6, 6.07) is 10.5. The fourth-order valence-electron chi connectivity index (χ4n) is 2.06. The van der Waals surface area contributed by atoms with Gasteiger partial charge in [0.1, 0.15) is 5.75 Å². The fourth-order valence-corrected chi connectivity index (χ4v) is 2.06. The lowest BCUT2D eigenvalue weighted by atomic mass is 10.2. The fraction of sp³-hybridized carbons (Fsp3) is 0.222. The SMILES string of the molecule is COc1ccc(C(=O)O[C@H](C)C(=O)Nc2ccccc2OC)cc1F. The standard InChI is InChI=1S/C18H18FNO5/c1-11(17(21)20-14-6-4-5-7-16(14)24-3)25-18(22)12-8-9-15(23-2)13(19)10-12/h4-11H,1-3H3,(H,20,21)/t11-/m1/s1. The Morgan fingerprint density at radius 2 is 1.72 bits per heavy atom. The first kappa shape index (κ1) is 18.3. The summed E-state index contributed by atoms with van der Waals surface area (Å²) in [5.74, 6) is -1.55. The van der Waals surface area contributed by atoms with Crippen LogP contribution in [0, 0.1) is 5.82 Å². The van der Waals surface area contributed by atoms with Crippen molar-refractivity contribution in [2.45, 2.75) is 13.0 Å². The van der Waals surface area contributed by atoms with Gasteiger partial charge in [-0.15, -0.1) is 0 Å². The van der Waals surface area contributed by atoms with Gasteiger partial charge in [0.2, 0.25) is 0 Å². The lowest BCUT2D eigenvalue weighted by Crippen LogP contribution is -2.30. The Morgan fingerprint density at radius 1 is 1.04 bits per heavy atom. The van der Waals surface area contributed by atoms with E-state index in [4.69, 9.17) is 14.2 Å². The Bertz CT molecular complexity index is 778. The second-order valence-electron chi connectivity index (χ2n) is 5.09. The average molecular weight is 347 g/mol. The highest BCUT2D eigenvalue weighted by Crippen LogP contribution is 2.23. The number of anilines is 1. The van der Waals surface area contributed by atoms with Crippen molar-refractivity contribution < 1.29 is 28.2 Å². The number of ether oxygens (including phenoxy) is 3. The van der Waals surface area contributed by atoms with E-state index < -0.39 is 23.8 Å². The normalized spacial score (nSPS) is 11.4. The first-order valence-corrected chi connectivity index (χ1v) is 7.44. The largest absolute Gasteiger partial charge is 0.495 e. The van der Waals surface area contributed by atoms with Crippen LogP contribution >= 0.6 is 0 Å². The van der Waals surface area contributed by atoms with Crippen molar-refractivity contribution in [3.8, 4) is 11.5 Å². The van der Waals surface area contributed by atoms with Crippen molar-refractivity contribution in [3.05, 3.63) is 53.8 Å². The predicted molar refractivity (Wildman–Crippen MR) is 89.5 cm³/mol. The van der Waals surface area contributed by atoms with Crippen LogP contribution < -0.4 is 14.8 Å². The van der Waals surface area contributed by atoms with E-state index >= 15 is 0 Å². The third kappa shape index (κ3) is 4.47. The first-order valence-electron chi connectivity index (χ1n) is 7.44. The van der Waals surface area contributed by atoms with E-state index in [9.17, 15) is 14.0 Å². The lowest BCUT2D eigenvalue weighted by molar-refractivity contribution is -0.123. The molecule has 0 aliphatic rings. The zero-order chi connectivity index (χ0) is 18.4. The van der Waals surface area contributed by atoms with Crippen molar-refractivity contribution in [3.63, 3.8) is 0 Å². The molecule has 0 fully saturated rings. The topological polar surface area (TPSA) is 73.9 Å². The molecule has 0 aliphatic carbocycles. The van der Waals surface area contributed by atoms with E-state index in [-0.39, 0.29) is 11.3 Å². The van der Waals surface area contributed by atoms with Crippen LogP contribution in [0.1, 0.15) is 17.3 Å². The highest BCUT2D eigenvalue weighted by Gasteiger charge is 2.21. The quantitative estimate of drug-likeness (QED) is 0.813. The molecular weight excluding hydrogens is 329 g/mol. The van der Waals surface area contributed by atoms with Gasteiger partial charge in [0.25, 0.3) is 5.91 Å². The number of benzene rings is 2. The van der Waals surface area contributed by atoms with Crippen molar-refractivity contribution in [2.24, 2.45) is 0 Å². The van der Waals surface area contributed by atoms with Crippen LogP contribution in [0.2, 0.25) is 0 Å². The van der Waals surface area contributed by atoms with E-state index in [0.29, 0.717) is 11.4 Å². The van der Waals surface area contributed by atoms with Crippen LogP contribution in [-0.4, -0.2) is 32.2 Å². The molecule has 0 aromatic heterocycles. The van der Waals surface area contributed by atoms with Crippen LogP contribution in [0.15, 0.2) is 42.5 Å². The third-order valence-corrected chi connectivity index (χ3v) is 3.41. The molecule has 0 unspecified atom stereocenters. The van der Waals surface area contributed by atoms with Crippen molar-refractivity contribution in [1.82, 2.24) is 0 Å². The van der Waals surface area contributed by atoms with Crippen molar-refractivity contribution >= 4 is 17.6 Å². The number of carbonyl (C=O) groups excluding carboxylic acids is 2. The van der Waals surface area contributed by atoms with Crippen LogP contribution in [0.4, 0.5) is 10.1 Å². The molecule has 25 heavy (non-hydrogen) atoms. The molecular formula is C18H18FNO5. The van der Waals surface area contributed by atoms with E-state index in [2.05, 4.69) is 5.32 Å². The number of amides is 1. The van der Waals surface area contributed by atoms with Crippen molar-refractivity contribution in [2.75, 3.05) is 19.5 Å². The number of carbonyl (C=O) groups is 2. The van der Waals surface area contributed by atoms with Gasteiger partial charge in [-0.05, 0) is 37.3 Å². The summed E-state index contributed by atoms with van der Waals surface area (Å²) in [6.07, 6.45) is -1.08.